The Hall–Kier alpha value is -2.80. The predicted octanol–water partition coefficient (Wildman–Crippen LogP) is 2.91. The lowest BCUT2D eigenvalue weighted by atomic mass is 10.2. The van der Waals surface area contributed by atoms with Gasteiger partial charge in [-0.25, -0.2) is 0 Å². The molecule has 0 fully saturated rings. The molecule has 0 aliphatic rings. The number of para-hydroxylation sites is 1. The van der Waals surface area contributed by atoms with Gasteiger partial charge in [0.2, 0.25) is 5.91 Å². The number of thioether (sulfide) groups is 1. The molecule has 0 aliphatic heterocycles. The Morgan fingerprint density at radius 2 is 1.84 bits per heavy atom. The molecular formula is C18H18N4O2S. The average molecular weight is 354 g/mol. The van der Waals surface area contributed by atoms with Crippen molar-refractivity contribution >= 4 is 17.7 Å². The fourth-order valence-corrected chi connectivity index (χ4v) is 3.05. The quantitative estimate of drug-likeness (QED) is 0.660. The molecule has 3 aromatic rings. The van der Waals surface area contributed by atoms with Crippen LogP contribution in [0, 0.1) is 0 Å². The number of carbonyl (C=O) groups is 1. The van der Waals surface area contributed by atoms with Gasteiger partial charge in [-0.1, -0.05) is 30.0 Å². The number of hydrogen-bond donors (Lipinski definition) is 1. The Kier molecular flexibility index (Phi) is 5.35. The molecule has 0 bridgehead atoms. The highest BCUT2D eigenvalue weighted by Gasteiger charge is 2.16. The highest BCUT2D eigenvalue weighted by molar-refractivity contribution is 7.99. The van der Waals surface area contributed by atoms with E-state index < -0.39 is 5.91 Å². The maximum atomic E-state index is 11.1. The van der Waals surface area contributed by atoms with Crippen LogP contribution in [0.15, 0.2) is 59.8 Å². The van der Waals surface area contributed by atoms with Crippen molar-refractivity contribution in [2.24, 2.45) is 5.73 Å². The summed E-state index contributed by atoms with van der Waals surface area (Å²) in [5, 5.41) is 9.17. The lowest BCUT2D eigenvalue weighted by molar-refractivity contribution is -0.115. The zero-order chi connectivity index (χ0) is 17.6. The Morgan fingerprint density at radius 3 is 2.48 bits per heavy atom. The van der Waals surface area contributed by atoms with Crippen LogP contribution in [0.5, 0.6) is 5.75 Å². The van der Waals surface area contributed by atoms with E-state index in [1.807, 2.05) is 66.1 Å². The van der Waals surface area contributed by atoms with Gasteiger partial charge < -0.3 is 10.5 Å². The lowest BCUT2D eigenvalue weighted by Crippen LogP contribution is -2.13. The molecule has 128 valence electrons. The molecule has 7 heteroatoms. The van der Waals surface area contributed by atoms with E-state index in [1.165, 1.54) is 11.8 Å². The molecular weight excluding hydrogens is 336 g/mol. The molecule has 0 atom stereocenters. The van der Waals surface area contributed by atoms with Crippen molar-refractivity contribution in [3.63, 3.8) is 0 Å². The van der Waals surface area contributed by atoms with Gasteiger partial charge in [0.15, 0.2) is 11.0 Å². The first-order chi connectivity index (χ1) is 12.2. The third kappa shape index (κ3) is 4.00. The monoisotopic (exact) mass is 354 g/mol. The minimum Gasteiger partial charge on any atom is -0.494 e. The van der Waals surface area contributed by atoms with Gasteiger partial charge >= 0.3 is 0 Å². The van der Waals surface area contributed by atoms with E-state index in [0.717, 1.165) is 17.0 Å². The van der Waals surface area contributed by atoms with Crippen LogP contribution in [-0.4, -0.2) is 33.0 Å². The standard InChI is InChI=1S/C18H18N4O2S/c1-2-24-15-10-8-13(9-11-15)17-20-21-18(25-12-16(19)23)22(17)14-6-4-3-5-7-14/h3-11H,2,12H2,1H3,(H2,19,23). The number of nitrogens with zero attached hydrogens (tertiary/aromatic N) is 3. The first kappa shape index (κ1) is 17.0. The molecule has 0 aliphatic carbocycles. The second kappa shape index (κ2) is 7.85. The summed E-state index contributed by atoms with van der Waals surface area (Å²) in [5.41, 5.74) is 7.09. The molecule has 6 nitrogen and oxygen atoms in total. The van der Waals surface area contributed by atoms with Gasteiger partial charge in [-0.3, -0.25) is 9.36 Å². The fourth-order valence-electron chi connectivity index (χ4n) is 2.36. The summed E-state index contributed by atoms with van der Waals surface area (Å²) in [7, 11) is 0. The van der Waals surface area contributed by atoms with Crippen molar-refractivity contribution in [2.45, 2.75) is 12.1 Å². The van der Waals surface area contributed by atoms with Crippen LogP contribution >= 0.6 is 11.8 Å². The van der Waals surface area contributed by atoms with Gasteiger partial charge in [-0.2, -0.15) is 0 Å². The van der Waals surface area contributed by atoms with Gasteiger partial charge in [0.25, 0.3) is 0 Å². The highest BCUT2D eigenvalue weighted by atomic mass is 32.2. The summed E-state index contributed by atoms with van der Waals surface area (Å²) in [6, 6.07) is 17.5. The molecule has 0 radical (unpaired) electrons. The Labute approximate surface area is 150 Å². The average Bonchev–Trinajstić information content (AvgIpc) is 3.05. The van der Waals surface area contributed by atoms with Gasteiger partial charge in [0.05, 0.1) is 12.4 Å². The molecule has 1 heterocycles. The number of nitrogens with two attached hydrogens (primary N) is 1. The van der Waals surface area contributed by atoms with Gasteiger partial charge in [-0.15, -0.1) is 10.2 Å². The first-order valence-electron chi connectivity index (χ1n) is 7.84. The number of primary amides is 1. The van der Waals surface area contributed by atoms with Gasteiger partial charge in [-0.05, 0) is 43.3 Å². The van der Waals surface area contributed by atoms with E-state index in [0.29, 0.717) is 17.6 Å². The van der Waals surface area contributed by atoms with Crippen LogP contribution in [0.3, 0.4) is 0 Å². The van der Waals surface area contributed by atoms with Gasteiger partial charge in [0.1, 0.15) is 5.75 Å². The van der Waals surface area contributed by atoms with Crippen molar-refractivity contribution in [1.29, 1.82) is 0 Å². The zero-order valence-corrected chi connectivity index (χ0v) is 14.6. The maximum Gasteiger partial charge on any atom is 0.227 e. The highest BCUT2D eigenvalue weighted by Crippen LogP contribution is 2.28. The number of amides is 1. The molecule has 3 rings (SSSR count). The maximum absolute atomic E-state index is 11.1. The number of carbonyl (C=O) groups excluding carboxylic acids is 1. The van der Waals surface area contributed by atoms with Crippen molar-refractivity contribution in [3.8, 4) is 22.8 Å². The smallest absolute Gasteiger partial charge is 0.227 e. The number of hydrogen-bond acceptors (Lipinski definition) is 5. The van der Waals surface area contributed by atoms with Crippen LogP contribution in [-0.2, 0) is 4.79 Å². The normalized spacial score (nSPS) is 10.6. The molecule has 0 saturated carbocycles. The van der Waals surface area contributed by atoms with E-state index in [1.54, 1.807) is 0 Å². The summed E-state index contributed by atoms with van der Waals surface area (Å²) in [6.07, 6.45) is 0. The van der Waals surface area contributed by atoms with Gasteiger partial charge in [0, 0.05) is 11.3 Å². The zero-order valence-electron chi connectivity index (χ0n) is 13.8. The molecule has 0 unspecified atom stereocenters. The van der Waals surface area contributed by atoms with E-state index in [9.17, 15) is 4.79 Å². The summed E-state index contributed by atoms with van der Waals surface area (Å²) in [6.45, 7) is 2.57. The second-order valence-corrected chi connectivity index (χ2v) is 6.13. The Bertz CT molecular complexity index is 847. The van der Waals surface area contributed by atoms with Crippen molar-refractivity contribution in [2.75, 3.05) is 12.4 Å². The molecule has 25 heavy (non-hydrogen) atoms. The summed E-state index contributed by atoms with van der Waals surface area (Å²) < 4.78 is 7.40. The van der Waals surface area contributed by atoms with E-state index in [4.69, 9.17) is 10.5 Å². The predicted molar refractivity (Wildman–Crippen MR) is 97.9 cm³/mol. The molecule has 2 aromatic carbocycles. The molecule has 1 aromatic heterocycles. The molecule has 1 amide bonds. The SMILES string of the molecule is CCOc1ccc(-c2nnc(SCC(N)=O)n2-c2ccccc2)cc1. The van der Waals surface area contributed by atoms with Crippen LogP contribution in [0.2, 0.25) is 0 Å². The Balaban J connectivity index is 2.02. The van der Waals surface area contributed by atoms with Crippen LogP contribution in [0.4, 0.5) is 0 Å². The van der Waals surface area contributed by atoms with Crippen molar-refractivity contribution < 1.29 is 9.53 Å². The molecule has 0 spiro atoms. The number of aromatic nitrogens is 3. The van der Waals surface area contributed by atoms with Crippen molar-refractivity contribution in [1.82, 2.24) is 14.8 Å². The third-order valence-electron chi connectivity index (χ3n) is 3.41. The topological polar surface area (TPSA) is 83.0 Å². The minimum atomic E-state index is -0.393. The van der Waals surface area contributed by atoms with Crippen LogP contribution in [0.1, 0.15) is 6.92 Å². The third-order valence-corrected chi connectivity index (χ3v) is 4.37. The number of rotatable bonds is 7. The summed E-state index contributed by atoms with van der Waals surface area (Å²) in [4.78, 5) is 11.1. The summed E-state index contributed by atoms with van der Waals surface area (Å²) >= 11 is 1.27. The van der Waals surface area contributed by atoms with Crippen LogP contribution in [0.25, 0.3) is 17.1 Å². The minimum absolute atomic E-state index is 0.147. The number of ether oxygens (including phenoxy) is 1. The lowest BCUT2D eigenvalue weighted by Gasteiger charge is -2.10. The van der Waals surface area contributed by atoms with E-state index in [-0.39, 0.29) is 5.75 Å². The van der Waals surface area contributed by atoms with Crippen LogP contribution < -0.4 is 10.5 Å². The fraction of sp³-hybridized carbons (Fsp3) is 0.167. The Morgan fingerprint density at radius 1 is 1.12 bits per heavy atom. The molecule has 2 N–H and O–H groups in total. The second-order valence-electron chi connectivity index (χ2n) is 5.19. The van der Waals surface area contributed by atoms with E-state index >= 15 is 0 Å². The summed E-state index contributed by atoms with van der Waals surface area (Å²) in [5.74, 6) is 1.26. The van der Waals surface area contributed by atoms with Crippen molar-refractivity contribution in [3.05, 3.63) is 54.6 Å². The largest absolute Gasteiger partial charge is 0.494 e. The van der Waals surface area contributed by atoms with E-state index in [2.05, 4.69) is 10.2 Å². The molecule has 0 saturated heterocycles. The number of benzene rings is 2. The first-order valence-corrected chi connectivity index (χ1v) is 8.82.